The van der Waals surface area contributed by atoms with Crippen molar-refractivity contribution >= 4 is 11.9 Å². The van der Waals surface area contributed by atoms with Gasteiger partial charge in [-0.15, -0.1) is 0 Å². The maximum Gasteiger partial charge on any atom is 0.308 e. The number of benzene rings is 1. The van der Waals surface area contributed by atoms with Crippen LogP contribution in [0.4, 0.5) is 0 Å². The molecule has 1 saturated heterocycles. The number of rotatable bonds is 4. The molecule has 1 aromatic carbocycles. The average molecular weight is 411 g/mol. The van der Waals surface area contributed by atoms with Gasteiger partial charge in [0.25, 0.3) is 0 Å². The van der Waals surface area contributed by atoms with E-state index in [1.165, 1.54) is 32.3 Å². The van der Waals surface area contributed by atoms with E-state index in [2.05, 4.69) is 11.0 Å². The molecule has 6 rings (SSSR count). The van der Waals surface area contributed by atoms with Gasteiger partial charge in [0.15, 0.2) is 11.5 Å². The molecular formula is C24H29NO5. The van der Waals surface area contributed by atoms with Crippen LogP contribution in [0.25, 0.3) is 0 Å². The molecule has 2 saturated carbocycles. The second kappa shape index (κ2) is 6.22. The fourth-order valence-electron chi connectivity index (χ4n) is 7.13. The quantitative estimate of drug-likeness (QED) is 0.560. The normalized spacial score (nSPS) is 35.9. The summed E-state index contributed by atoms with van der Waals surface area (Å²) in [7, 11) is 0. The topological polar surface area (TPSA) is 65.1 Å². The van der Waals surface area contributed by atoms with Crippen molar-refractivity contribution in [2.24, 2.45) is 5.92 Å². The van der Waals surface area contributed by atoms with Crippen molar-refractivity contribution in [2.75, 3.05) is 13.1 Å². The molecular weight excluding hydrogens is 382 g/mol. The molecule has 1 aromatic rings. The van der Waals surface area contributed by atoms with Crippen LogP contribution in [-0.4, -0.2) is 47.7 Å². The number of likely N-dealkylation sites (tertiary alicyclic amines) is 1. The fourth-order valence-corrected chi connectivity index (χ4v) is 7.13. The zero-order valence-electron chi connectivity index (χ0n) is 17.7. The highest BCUT2D eigenvalue weighted by Crippen LogP contribution is 2.66. The Morgan fingerprint density at radius 3 is 2.73 bits per heavy atom. The Balaban J connectivity index is 1.55. The molecule has 0 unspecified atom stereocenters. The Kier molecular flexibility index (Phi) is 3.87. The van der Waals surface area contributed by atoms with E-state index in [9.17, 15) is 9.59 Å². The first-order valence-corrected chi connectivity index (χ1v) is 11.4. The molecule has 4 atom stereocenters. The smallest absolute Gasteiger partial charge is 0.308 e. The van der Waals surface area contributed by atoms with Gasteiger partial charge >= 0.3 is 11.9 Å². The van der Waals surface area contributed by atoms with Gasteiger partial charge in [0.05, 0.1) is 11.5 Å². The van der Waals surface area contributed by atoms with Gasteiger partial charge in [-0.2, -0.15) is 0 Å². The van der Waals surface area contributed by atoms with Gasteiger partial charge in [-0.05, 0) is 69.0 Å². The maximum absolute atomic E-state index is 12.4. The van der Waals surface area contributed by atoms with E-state index in [-0.39, 0.29) is 29.5 Å². The van der Waals surface area contributed by atoms with Crippen LogP contribution in [-0.2, 0) is 26.2 Å². The Morgan fingerprint density at radius 1 is 1.17 bits per heavy atom. The summed E-state index contributed by atoms with van der Waals surface area (Å²) in [5, 5.41) is 0. The van der Waals surface area contributed by atoms with Crippen LogP contribution in [0.1, 0.15) is 63.5 Å². The number of piperidine rings is 1. The molecule has 6 heteroatoms. The van der Waals surface area contributed by atoms with Crippen LogP contribution < -0.4 is 9.47 Å². The number of carbonyl (C=O) groups is 2. The minimum Gasteiger partial charge on any atom is -0.485 e. The van der Waals surface area contributed by atoms with Crippen LogP contribution in [0.3, 0.4) is 0 Å². The Labute approximate surface area is 176 Å². The molecule has 1 spiro atoms. The summed E-state index contributed by atoms with van der Waals surface area (Å²) in [5.74, 6) is 1.44. The second-order valence-corrected chi connectivity index (χ2v) is 9.88. The highest BCUT2D eigenvalue weighted by atomic mass is 16.6. The highest BCUT2D eigenvalue weighted by Gasteiger charge is 2.73. The number of esters is 2. The predicted octanol–water partition coefficient (Wildman–Crippen LogP) is 3.14. The first-order valence-electron chi connectivity index (χ1n) is 11.4. The number of nitrogens with zero attached hydrogens (tertiary/aromatic N) is 1. The molecule has 3 aliphatic carbocycles. The van der Waals surface area contributed by atoms with Crippen molar-refractivity contribution in [3.05, 3.63) is 23.3 Å². The van der Waals surface area contributed by atoms with Gasteiger partial charge in [0.2, 0.25) is 0 Å². The van der Waals surface area contributed by atoms with E-state index >= 15 is 0 Å². The molecule has 0 amide bonds. The second-order valence-electron chi connectivity index (χ2n) is 9.88. The fraction of sp³-hybridized carbons (Fsp3) is 0.667. The van der Waals surface area contributed by atoms with Gasteiger partial charge < -0.3 is 14.2 Å². The molecule has 0 N–H and O–H groups in total. The Morgan fingerprint density at radius 2 is 2.00 bits per heavy atom. The number of carbonyl (C=O) groups excluding carboxylic acids is 2. The van der Waals surface area contributed by atoms with Crippen molar-refractivity contribution in [1.82, 2.24) is 4.90 Å². The van der Waals surface area contributed by atoms with E-state index in [0.717, 1.165) is 56.7 Å². The van der Waals surface area contributed by atoms with E-state index in [1.54, 1.807) is 0 Å². The molecule has 2 aliphatic heterocycles. The van der Waals surface area contributed by atoms with Crippen LogP contribution in [0.2, 0.25) is 0 Å². The van der Waals surface area contributed by atoms with Gasteiger partial charge in [-0.25, -0.2) is 0 Å². The van der Waals surface area contributed by atoms with Gasteiger partial charge in [0.1, 0.15) is 11.7 Å². The van der Waals surface area contributed by atoms with Crippen molar-refractivity contribution in [1.29, 1.82) is 0 Å². The van der Waals surface area contributed by atoms with Crippen LogP contribution >= 0.6 is 0 Å². The first kappa shape index (κ1) is 18.7. The Bertz CT molecular complexity index is 940. The van der Waals surface area contributed by atoms with Crippen molar-refractivity contribution in [3.8, 4) is 11.5 Å². The monoisotopic (exact) mass is 411 g/mol. The van der Waals surface area contributed by atoms with Crippen LogP contribution in [0.5, 0.6) is 11.5 Å². The van der Waals surface area contributed by atoms with E-state index in [0.29, 0.717) is 11.5 Å². The standard InChI is InChI=1S/C24H29NO5/c1-14(26)28-18-8-7-17-12-19-24(30-15(2)27)9-3-4-20-23(24,21(17)22(18)29-20)10-11-25(19)13-16-5-6-16/h7-8,16,19-20H,3-6,9-13H2,1-2H3/t19-,20+,23-,24-/m1/s1. The summed E-state index contributed by atoms with van der Waals surface area (Å²) in [6.07, 6.45) is 7.13. The summed E-state index contributed by atoms with van der Waals surface area (Å²) in [6.45, 7) is 5.06. The molecule has 3 fully saturated rings. The van der Waals surface area contributed by atoms with Crippen LogP contribution in [0.15, 0.2) is 12.1 Å². The SMILES string of the molecule is CC(=O)Oc1ccc2c3c1O[C@H]1CCC[C@@]4(OC(C)=O)[C@@H](C2)N(CC2CC2)CC[C@]314. The maximum atomic E-state index is 12.4. The molecule has 0 aromatic heterocycles. The minimum absolute atomic E-state index is 0.0399. The molecule has 2 heterocycles. The van der Waals surface area contributed by atoms with Crippen molar-refractivity contribution in [3.63, 3.8) is 0 Å². The third-order valence-electron chi connectivity index (χ3n) is 8.19. The summed E-state index contributed by atoms with van der Waals surface area (Å²) >= 11 is 0. The third-order valence-corrected chi connectivity index (χ3v) is 8.19. The number of hydrogen-bond acceptors (Lipinski definition) is 6. The molecule has 5 aliphatic rings. The number of hydrogen-bond donors (Lipinski definition) is 0. The lowest BCUT2D eigenvalue weighted by atomic mass is 9.49. The molecule has 6 nitrogen and oxygen atoms in total. The van der Waals surface area contributed by atoms with Gasteiger partial charge in [-0.3, -0.25) is 14.5 Å². The third kappa shape index (κ3) is 2.34. The zero-order valence-corrected chi connectivity index (χ0v) is 17.7. The molecule has 0 radical (unpaired) electrons. The van der Waals surface area contributed by atoms with E-state index in [4.69, 9.17) is 14.2 Å². The largest absolute Gasteiger partial charge is 0.485 e. The summed E-state index contributed by atoms with van der Waals surface area (Å²) in [5.41, 5.74) is 1.50. The summed E-state index contributed by atoms with van der Waals surface area (Å²) < 4.78 is 18.5. The lowest BCUT2D eigenvalue weighted by Crippen LogP contribution is -2.76. The lowest BCUT2D eigenvalue weighted by molar-refractivity contribution is -0.215. The van der Waals surface area contributed by atoms with Gasteiger partial charge in [0, 0.05) is 26.0 Å². The minimum atomic E-state index is -0.567. The van der Waals surface area contributed by atoms with Crippen molar-refractivity contribution < 1.29 is 23.8 Å². The van der Waals surface area contributed by atoms with Crippen molar-refractivity contribution in [2.45, 2.75) is 82.0 Å². The summed E-state index contributed by atoms with van der Waals surface area (Å²) in [6, 6.07) is 4.16. The number of ether oxygens (including phenoxy) is 3. The lowest BCUT2D eigenvalue weighted by Gasteiger charge is -2.64. The molecule has 160 valence electrons. The molecule has 2 bridgehead atoms. The molecule has 30 heavy (non-hydrogen) atoms. The van der Waals surface area contributed by atoms with E-state index in [1.807, 2.05) is 6.07 Å². The average Bonchev–Trinajstić information content (AvgIpc) is 3.42. The summed E-state index contributed by atoms with van der Waals surface area (Å²) in [4.78, 5) is 26.7. The van der Waals surface area contributed by atoms with E-state index < -0.39 is 5.60 Å². The first-order chi connectivity index (χ1) is 14.4. The highest BCUT2D eigenvalue weighted by molar-refractivity contribution is 5.73. The zero-order chi connectivity index (χ0) is 20.7. The van der Waals surface area contributed by atoms with Crippen LogP contribution in [0, 0.1) is 5.92 Å². The predicted molar refractivity (Wildman–Crippen MR) is 109 cm³/mol. The Hall–Kier alpha value is -2.08. The van der Waals surface area contributed by atoms with Gasteiger partial charge in [-0.1, -0.05) is 6.07 Å².